The van der Waals surface area contributed by atoms with Crippen LogP contribution in [0, 0.1) is 0 Å². The van der Waals surface area contributed by atoms with Crippen molar-refractivity contribution in [3.63, 3.8) is 0 Å². The van der Waals surface area contributed by atoms with Crippen LogP contribution < -0.4 is 0 Å². The zero-order valence-electron chi connectivity index (χ0n) is 14.7. The number of aromatic nitrogens is 3. The number of carbonyl (C=O) groups excluding carboxylic acids is 1. The Balaban J connectivity index is 1.43. The summed E-state index contributed by atoms with van der Waals surface area (Å²) in [6.07, 6.45) is 6.34. The Labute approximate surface area is 152 Å². The molecule has 5 heteroatoms. The summed E-state index contributed by atoms with van der Waals surface area (Å²) in [5, 5.41) is 0. The van der Waals surface area contributed by atoms with Crippen molar-refractivity contribution < 1.29 is 4.79 Å². The van der Waals surface area contributed by atoms with Gasteiger partial charge >= 0.3 is 0 Å². The number of rotatable bonds is 6. The molecule has 2 heterocycles. The van der Waals surface area contributed by atoms with E-state index in [0.29, 0.717) is 25.0 Å². The van der Waals surface area contributed by atoms with Crippen molar-refractivity contribution >= 4 is 16.9 Å². The maximum absolute atomic E-state index is 13.2. The molecule has 2 fully saturated rings. The second-order valence-electron chi connectivity index (χ2n) is 7.39. The van der Waals surface area contributed by atoms with Crippen LogP contribution in [0.5, 0.6) is 0 Å². The number of carbonyl (C=O) groups is 1. The highest BCUT2D eigenvalue weighted by molar-refractivity contribution is 5.81. The first-order valence-corrected chi connectivity index (χ1v) is 9.44. The zero-order chi connectivity index (χ0) is 17.5. The van der Waals surface area contributed by atoms with Gasteiger partial charge in [0.05, 0.1) is 23.3 Å². The molecule has 0 bridgehead atoms. The van der Waals surface area contributed by atoms with E-state index in [0.717, 1.165) is 35.4 Å². The normalized spacial score (nSPS) is 16.8. The van der Waals surface area contributed by atoms with Crippen molar-refractivity contribution in [2.24, 2.45) is 0 Å². The van der Waals surface area contributed by atoms with Gasteiger partial charge in [0.25, 0.3) is 0 Å². The summed E-state index contributed by atoms with van der Waals surface area (Å²) in [5.74, 6) is 1.76. The summed E-state index contributed by atoms with van der Waals surface area (Å²) >= 11 is 0. The molecule has 2 aliphatic rings. The largest absolute Gasteiger partial charge is 0.332 e. The quantitative estimate of drug-likeness (QED) is 0.686. The van der Waals surface area contributed by atoms with E-state index in [1.807, 2.05) is 41.3 Å². The minimum atomic E-state index is 0.170. The molecule has 0 unspecified atom stereocenters. The molecule has 2 aliphatic carbocycles. The molecule has 1 amide bonds. The zero-order valence-corrected chi connectivity index (χ0v) is 14.7. The molecule has 2 saturated carbocycles. The third-order valence-electron chi connectivity index (χ3n) is 5.29. The molecule has 5 rings (SSSR count). The first-order chi connectivity index (χ1) is 12.8. The minimum Gasteiger partial charge on any atom is -0.332 e. The lowest BCUT2D eigenvalue weighted by molar-refractivity contribution is -0.133. The number of amides is 1. The van der Waals surface area contributed by atoms with E-state index in [2.05, 4.69) is 15.6 Å². The van der Waals surface area contributed by atoms with Gasteiger partial charge in [0, 0.05) is 18.2 Å². The van der Waals surface area contributed by atoms with Gasteiger partial charge in [-0.15, -0.1) is 0 Å². The highest BCUT2D eigenvalue weighted by Gasteiger charge is 2.35. The smallest absolute Gasteiger partial charge is 0.243 e. The van der Waals surface area contributed by atoms with Gasteiger partial charge in [-0.25, -0.2) is 4.98 Å². The SMILES string of the molecule is O=C(Cn1c(C2CC2)nc2ccccc21)N(Cc1ccccn1)C1CC1. The van der Waals surface area contributed by atoms with Gasteiger partial charge in [0.15, 0.2) is 0 Å². The predicted octanol–water partition coefficient (Wildman–Crippen LogP) is 3.50. The summed E-state index contributed by atoms with van der Waals surface area (Å²) in [6, 6.07) is 14.4. The lowest BCUT2D eigenvalue weighted by Gasteiger charge is -2.23. The number of hydrogen-bond acceptors (Lipinski definition) is 3. The number of benzene rings is 1. The van der Waals surface area contributed by atoms with Gasteiger partial charge in [-0.1, -0.05) is 18.2 Å². The van der Waals surface area contributed by atoms with E-state index >= 15 is 0 Å². The second-order valence-corrected chi connectivity index (χ2v) is 7.39. The van der Waals surface area contributed by atoms with Gasteiger partial charge in [-0.2, -0.15) is 0 Å². The van der Waals surface area contributed by atoms with E-state index in [1.165, 1.54) is 12.8 Å². The molecule has 132 valence electrons. The molecule has 0 atom stereocenters. The Morgan fingerprint density at radius 2 is 1.88 bits per heavy atom. The standard InChI is InChI=1S/C21H22N4O/c26-20(24(17-10-11-17)13-16-5-3-4-12-22-16)14-25-19-7-2-1-6-18(19)23-21(25)15-8-9-15/h1-7,12,15,17H,8-11,13-14H2. The number of hydrogen-bond donors (Lipinski definition) is 0. The van der Waals surface area contributed by atoms with Gasteiger partial charge < -0.3 is 9.47 Å². The van der Waals surface area contributed by atoms with Crippen LogP contribution in [-0.4, -0.2) is 31.4 Å². The second kappa shape index (κ2) is 6.24. The number of nitrogens with zero attached hydrogens (tertiary/aromatic N) is 4. The van der Waals surface area contributed by atoms with E-state index in [1.54, 1.807) is 6.20 Å². The third-order valence-corrected chi connectivity index (χ3v) is 5.29. The lowest BCUT2D eigenvalue weighted by atomic mass is 10.3. The molecule has 2 aromatic heterocycles. The molecule has 0 aliphatic heterocycles. The topological polar surface area (TPSA) is 51.0 Å². The highest BCUT2D eigenvalue weighted by Crippen LogP contribution is 2.40. The van der Waals surface area contributed by atoms with E-state index in [4.69, 9.17) is 4.98 Å². The fraction of sp³-hybridized carbons (Fsp3) is 0.381. The van der Waals surface area contributed by atoms with Crippen molar-refractivity contribution in [2.45, 2.75) is 50.7 Å². The number of imidazole rings is 1. The summed E-state index contributed by atoms with van der Waals surface area (Å²) in [6.45, 7) is 0.964. The van der Waals surface area contributed by atoms with E-state index in [9.17, 15) is 4.79 Å². The summed E-state index contributed by atoms with van der Waals surface area (Å²) < 4.78 is 2.14. The summed E-state index contributed by atoms with van der Waals surface area (Å²) in [5.41, 5.74) is 3.01. The van der Waals surface area contributed by atoms with Gasteiger partial charge in [-0.05, 0) is 49.9 Å². The maximum atomic E-state index is 13.2. The Bertz CT molecular complexity index is 941. The van der Waals surface area contributed by atoms with E-state index in [-0.39, 0.29) is 5.91 Å². The van der Waals surface area contributed by atoms with Crippen molar-refractivity contribution in [1.29, 1.82) is 0 Å². The van der Waals surface area contributed by atoms with E-state index < -0.39 is 0 Å². The average molecular weight is 346 g/mol. The summed E-state index contributed by atoms with van der Waals surface area (Å²) in [4.78, 5) is 24.4. The number of fused-ring (bicyclic) bond motifs is 1. The number of pyridine rings is 1. The molecule has 3 aromatic rings. The molecule has 26 heavy (non-hydrogen) atoms. The lowest BCUT2D eigenvalue weighted by Crippen LogP contribution is -2.35. The Morgan fingerprint density at radius 3 is 2.62 bits per heavy atom. The van der Waals surface area contributed by atoms with Crippen LogP contribution in [0.4, 0.5) is 0 Å². The molecule has 0 radical (unpaired) electrons. The molecule has 1 aromatic carbocycles. The van der Waals surface area contributed by atoms with Gasteiger partial charge in [0.2, 0.25) is 5.91 Å². The molecular weight excluding hydrogens is 324 g/mol. The van der Waals surface area contributed by atoms with Crippen LogP contribution >= 0.6 is 0 Å². The Hall–Kier alpha value is -2.69. The van der Waals surface area contributed by atoms with Crippen molar-refractivity contribution in [3.8, 4) is 0 Å². The fourth-order valence-electron chi connectivity index (χ4n) is 3.61. The highest BCUT2D eigenvalue weighted by atomic mass is 16.2. The molecule has 0 saturated heterocycles. The first-order valence-electron chi connectivity index (χ1n) is 9.44. The first kappa shape index (κ1) is 15.6. The molecule has 0 spiro atoms. The molecule has 5 nitrogen and oxygen atoms in total. The molecular formula is C21H22N4O. The van der Waals surface area contributed by atoms with Crippen molar-refractivity contribution in [2.75, 3.05) is 0 Å². The third kappa shape index (κ3) is 2.98. The van der Waals surface area contributed by atoms with Crippen LogP contribution in [0.1, 0.15) is 43.1 Å². The van der Waals surface area contributed by atoms with Crippen LogP contribution in [-0.2, 0) is 17.9 Å². The van der Waals surface area contributed by atoms with Gasteiger partial charge in [0.1, 0.15) is 12.4 Å². The van der Waals surface area contributed by atoms with Crippen molar-refractivity contribution in [1.82, 2.24) is 19.4 Å². The maximum Gasteiger partial charge on any atom is 0.243 e. The Morgan fingerprint density at radius 1 is 1.08 bits per heavy atom. The fourth-order valence-corrected chi connectivity index (χ4v) is 3.61. The van der Waals surface area contributed by atoms with Crippen LogP contribution in [0.3, 0.4) is 0 Å². The Kier molecular flexibility index (Phi) is 3.73. The van der Waals surface area contributed by atoms with Crippen LogP contribution in [0.15, 0.2) is 48.7 Å². The number of para-hydroxylation sites is 2. The van der Waals surface area contributed by atoms with Crippen LogP contribution in [0.2, 0.25) is 0 Å². The monoisotopic (exact) mass is 346 g/mol. The van der Waals surface area contributed by atoms with Crippen molar-refractivity contribution in [3.05, 3.63) is 60.2 Å². The van der Waals surface area contributed by atoms with Crippen LogP contribution in [0.25, 0.3) is 11.0 Å². The van der Waals surface area contributed by atoms with Gasteiger partial charge in [-0.3, -0.25) is 9.78 Å². The average Bonchev–Trinajstić information content (AvgIpc) is 3.59. The predicted molar refractivity (Wildman–Crippen MR) is 99.5 cm³/mol. The summed E-state index contributed by atoms with van der Waals surface area (Å²) in [7, 11) is 0. The molecule has 0 N–H and O–H groups in total. The minimum absolute atomic E-state index is 0.170.